The van der Waals surface area contributed by atoms with E-state index in [1.54, 1.807) is 0 Å². The Labute approximate surface area is 90.0 Å². The van der Waals surface area contributed by atoms with E-state index in [1.807, 2.05) is 6.92 Å². The Morgan fingerprint density at radius 3 is 2.29 bits per heavy atom. The van der Waals surface area contributed by atoms with E-state index in [9.17, 15) is 8.42 Å². The second-order valence-electron chi connectivity index (χ2n) is 2.76. The predicted molar refractivity (Wildman–Crippen MR) is 56.2 cm³/mol. The molecule has 0 radical (unpaired) electrons. The summed E-state index contributed by atoms with van der Waals surface area (Å²) in [5.41, 5.74) is 0. The van der Waals surface area contributed by atoms with Crippen molar-refractivity contribution in [3.63, 3.8) is 0 Å². The number of ether oxygens (including phenoxy) is 2. The van der Waals surface area contributed by atoms with E-state index in [0.717, 1.165) is 0 Å². The van der Waals surface area contributed by atoms with Crippen molar-refractivity contribution in [3.05, 3.63) is 0 Å². The van der Waals surface area contributed by atoms with Crippen LogP contribution in [0.5, 0.6) is 0 Å². The summed E-state index contributed by atoms with van der Waals surface area (Å²) in [6.45, 7) is 4.31. The van der Waals surface area contributed by atoms with Gasteiger partial charge in [0, 0.05) is 23.9 Å². The van der Waals surface area contributed by atoms with Gasteiger partial charge in [0.05, 0.1) is 19.0 Å². The summed E-state index contributed by atoms with van der Waals surface area (Å²) in [4.78, 5) is 0. The van der Waals surface area contributed by atoms with E-state index in [2.05, 4.69) is 0 Å². The van der Waals surface area contributed by atoms with Gasteiger partial charge in [-0.05, 0) is 19.8 Å². The van der Waals surface area contributed by atoms with Crippen molar-refractivity contribution in [2.24, 2.45) is 0 Å². The standard InChI is InChI=1S/C8H17ClO4S/c1-2-12-6-7-13-5-3-4-8-14(9,10)11/h2-8H2,1H3. The summed E-state index contributed by atoms with van der Waals surface area (Å²) < 4.78 is 31.3. The van der Waals surface area contributed by atoms with Crippen molar-refractivity contribution < 1.29 is 17.9 Å². The minimum absolute atomic E-state index is 0.0172. The number of halogens is 1. The van der Waals surface area contributed by atoms with Gasteiger partial charge in [0.2, 0.25) is 9.05 Å². The van der Waals surface area contributed by atoms with Crippen molar-refractivity contribution in [2.75, 3.05) is 32.2 Å². The molecule has 0 amide bonds. The zero-order valence-electron chi connectivity index (χ0n) is 8.37. The Hall–Kier alpha value is 0.160. The molecule has 0 heterocycles. The van der Waals surface area contributed by atoms with Crippen LogP contribution in [0, 0.1) is 0 Å². The summed E-state index contributed by atoms with van der Waals surface area (Å²) in [6, 6.07) is 0. The fraction of sp³-hybridized carbons (Fsp3) is 1.00. The molecule has 14 heavy (non-hydrogen) atoms. The second kappa shape index (κ2) is 8.47. The molecule has 0 aromatic rings. The van der Waals surface area contributed by atoms with Crippen LogP contribution in [0.4, 0.5) is 0 Å². The zero-order valence-corrected chi connectivity index (χ0v) is 9.94. The van der Waals surface area contributed by atoms with E-state index in [0.29, 0.717) is 39.3 Å². The third kappa shape index (κ3) is 12.2. The monoisotopic (exact) mass is 244 g/mol. The molecule has 0 rings (SSSR count). The van der Waals surface area contributed by atoms with Crippen LogP contribution in [0.3, 0.4) is 0 Å². The van der Waals surface area contributed by atoms with Gasteiger partial charge in [0.1, 0.15) is 0 Å². The molecular formula is C8H17ClO4S. The van der Waals surface area contributed by atoms with Crippen molar-refractivity contribution in [2.45, 2.75) is 19.8 Å². The number of hydrogen-bond donors (Lipinski definition) is 0. The van der Waals surface area contributed by atoms with Crippen LogP contribution >= 0.6 is 10.7 Å². The minimum Gasteiger partial charge on any atom is -0.379 e. The average Bonchev–Trinajstić information content (AvgIpc) is 2.08. The van der Waals surface area contributed by atoms with Gasteiger partial charge in [0.15, 0.2) is 0 Å². The Balaban J connectivity index is 3.07. The fourth-order valence-electron chi connectivity index (χ4n) is 0.843. The number of rotatable bonds is 9. The molecule has 86 valence electrons. The Morgan fingerprint density at radius 1 is 1.07 bits per heavy atom. The summed E-state index contributed by atoms with van der Waals surface area (Å²) in [7, 11) is 1.69. The Morgan fingerprint density at radius 2 is 1.71 bits per heavy atom. The lowest BCUT2D eigenvalue weighted by molar-refractivity contribution is 0.0518. The van der Waals surface area contributed by atoms with E-state index in [-0.39, 0.29) is 5.75 Å². The van der Waals surface area contributed by atoms with Crippen molar-refractivity contribution in [1.82, 2.24) is 0 Å². The third-order valence-electron chi connectivity index (χ3n) is 1.50. The quantitative estimate of drug-likeness (QED) is 0.454. The van der Waals surface area contributed by atoms with Crippen LogP contribution in [-0.2, 0) is 18.5 Å². The summed E-state index contributed by atoms with van der Waals surface area (Å²) in [6.07, 6.45) is 1.25. The molecule has 0 unspecified atom stereocenters. The maximum atomic E-state index is 10.5. The highest BCUT2D eigenvalue weighted by Gasteiger charge is 2.03. The van der Waals surface area contributed by atoms with Gasteiger partial charge in [-0.25, -0.2) is 8.42 Å². The molecule has 0 aliphatic heterocycles. The van der Waals surface area contributed by atoms with E-state index >= 15 is 0 Å². The van der Waals surface area contributed by atoms with Gasteiger partial charge in [-0.2, -0.15) is 0 Å². The molecule has 0 aliphatic rings. The normalized spacial score (nSPS) is 11.9. The topological polar surface area (TPSA) is 52.6 Å². The first-order valence-corrected chi connectivity index (χ1v) is 7.12. The highest BCUT2D eigenvalue weighted by Crippen LogP contribution is 2.01. The molecule has 0 spiro atoms. The molecule has 4 nitrogen and oxygen atoms in total. The lowest BCUT2D eigenvalue weighted by atomic mass is 10.4. The highest BCUT2D eigenvalue weighted by atomic mass is 35.7. The molecule has 0 aliphatic carbocycles. The van der Waals surface area contributed by atoms with Gasteiger partial charge >= 0.3 is 0 Å². The average molecular weight is 245 g/mol. The van der Waals surface area contributed by atoms with Crippen LogP contribution < -0.4 is 0 Å². The van der Waals surface area contributed by atoms with Crippen LogP contribution in [0.1, 0.15) is 19.8 Å². The van der Waals surface area contributed by atoms with Gasteiger partial charge in [-0.1, -0.05) is 0 Å². The molecule has 0 bridgehead atoms. The van der Waals surface area contributed by atoms with Crippen molar-refractivity contribution in [3.8, 4) is 0 Å². The highest BCUT2D eigenvalue weighted by molar-refractivity contribution is 8.13. The summed E-state index contributed by atoms with van der Waals surface area (Å²) in [5.74, 6) is 0.0172. The first kappa shape index (κ1) is 14.2. The van der Waals surface area contributed by atoms with Crippen molar-refractivity contribution >= 4 is 19.7 Å². The van der Waals surface area contributed by atoms with Crippen LogP contribution in [0.15, 0.2) is 0 Å². The summed E-state index contributed by atoms with van der Waals surface area (Å²) in [5, 5.41) is 0. The molecule has 0 N–H and O–H groups in total. The first-order valence-electron chi connectivity index (χ1n) is 4.64. The predicted octanol–water partition coefficient (Wildman–Crippen LogP) is 1.39. The van der Waals surface area contributed by atoms with Crippen LogP contribution in [-0.4, -0.2) is 40.6 Å². The van der Waals surface area contributed by atoms with Crippen molar-refractivity contribution in [1.29, 1.82) is 0 Å². The number of unbranched alkanes of at least 4 members (excludes halogenated alkanes) is 1. The minimum atomic E-state index is -3.33. The Kier molecular flexibility index (Phi) is 8.56. The molecular weight excluding hydrogens is 228 g/mol. The Bertz CT molecular complexity index is 215. The molecule has 0 fully saturated rings. The van der Waals surface area contributed by atoms with Crippen LogP contribution in [0.25, 0.3) is 0 Å². The van der Waals surface area contributed by atoms with Gasteiger partial charge in [0.25, 0.3) is 0 Å². The fourth-order valence-corrected chi connectivity index (χ4v) is 1.72. The maximum absolute atomic E-state index is 10.5. The molecule has 6 heteroatoms. The molecule has 0 saturated carbocycles. The maximum Gasteiger partial charge on any atom is 0.232 e. The van der Waals surface area contributed by atoms with E-state index < -0.39 is 9.05 Å². The molecule has 0 aromatic carbocycles. The SMILES string of the molecule is CCOCCOCCCCS(=O)(=O)Cl. The largest absolute Gasteiger partial charge is 0.379 e. The smallest absolute Gasteiger partial charge is 0.232 e. The van der Waals surface area contributed by atoms with E-state index in [4.69, 9.17) is 20.2 Å². The summed E-state index contributed by atoms with van der Waals surface area (Å²) >= 11 is 0. The number of hydrogen-bond acceptors (Lipinski definition) is 4. The molecule has 0 saturated heterocycles. The van der Waals surface area contributed by atoms with Crippen LogP contribution in [0.2, 0.25) is 0 Å². The molecule has 0 aromatic heterocycles. The molecule has 0 atom stereocenters. The van der Waals surface area contributed by atoms with E-state index in [1.165, 1.54) is 0 Å². The van der Waals surface area contributed by atoms with Gasteiger partial charge in [-0.15, -0.1) is 0 Å². The third-order valence-corrected chi connectivity index (χ3v) is 2.74. The second-order valence-corrected chi connectivity index (χ2v) is 5.66. The lowest BCUT2D eigenvalue weighted by Crippen LogP contribution is -2.06. The van der Waals surface area contributed by atoms with Gasteiger partial charge < -0.3 is 9.47 Å². The van der Waals surface area contributed by atoms with Gasteiger partial charge in [-0.3, -0.25) is 0 Å². The lowest BCUT2D eigenvalue weighted by Gasteiger charge is -2.03. The first-order chi connectivity index (χ1) is 6.56. The zero-order chi connectivity index (χ0) is 10.9.